The van der Waals surface area contributed by atoms with Crippen LogP contribution in [0.25, 0.3) is 9.88 Å². The number of aliphatic hydroxyl groups excluding tert-OH is 3. The van der Waals surface area contributed by atoms with Crippen molar-refractivity contribution in [2.24, 2.45) is 0 Å². The molecule has 114 valence electrons. The van der Waals surface area contributed by atoms with Gasteiger partial charge in [-0.2, -0.15) is 0 Å². The summed E-state index contributed by atoms with van der Waals surface area (Å²) < 4.78 is 0. The van der Waals surface area contributed by atoms with Crippen molar-refractivity contribution >= 4 is 28.6 Å². The quantitative estimate of drug-likeness (QED) is 0.623. The van der Waals surface area contributed by atoms with Crippen molar-refractivity contribution in [1.82, 2.24) is 10.3 Å². The lowest BCUT2D eigenvalue weighted by Crippen LogP contribution is -2.57. The number of aryl methyl sites for hydroxylation is 1. The summed E-state index contributed by atoms with van der Waals surface area (Å²) in [5, 5.41) is 32.9. The number of carbonyl (C=O) groups excluding carboxylic acids is 1. The predicted molar refractivity (Wildman–Crippen MR) is 81.6 cm³/mol. The third kappa shape index (κ3) is 3.30. The number of thiazole rings is 1. The Bertz CT molecular complexity index is 597. The molecule has 21 heavy (non-hydrogen) atoms. The maximum Gasteiger partial charge on any atom is 0.263 e. The van der Waals surface area contributed by atoms with Gasteiger partial charge < -0.3 is 20.6 Å². The second-order valence-electron chi connectivity index (χ2n) is 4.62. The molecule has 0 fully saturated rings. The first-order chi connectivity index (χ1) is 10.0. The average Bonchev–Trinajstić information content (AvgIpc) is 3.14. The Kier molecular flexibility index (Phi) is 5.07. The van der Waals surface area contributed by atoms with Crippen molar-refractivity contribution in [3.8, 4) is 9.88 Å². The van der Waals surface area contributed by atoms with E-state index in [1.807, 2.05) is 17.5 Å². The highest BCUT2D eigenvalue weighted by Gasteiger charge is 2.31. The number of aromatic nitrogens is 1. The Morgan fingerprint density at radius 3 is 2.52 bits per heavy atom. The number of aliphatic hydroxyl groups is 3. The topological polar surface area (TPSA) is 103 Å². The normalized spacial score (nSPS) is 11.6. The zero-order valence-corrected chi connectivity index (χ0v) is 13.0. The summed E-state index contributed by atoms with van der Waals surface area (Å²) in [7, 11) is 0. The molecule has 2 aromatic heterocycles. The summed E-state index contributed by atoms with van der Waals surface area (Å²) >= 11 is 2.77. The van der Waals surface area contributed by atoms with Crippen molar-refractivity contribution in [3.05, 3.63) is 28.1 Å². The molecule has 0 aliphatic rings. The van der Waals surface area contributed by atoms with Crippen LogP contribution in [0.15, 0.2) is 17.5 Å². The molecule has 0 unspecified atom stereocenters. The van der Waals surface area contributed by atoms with Crippen LogP contribution >= 0.6 is 22.7 Å². The highest BCUT2D eigenvalue weighted by Crippen LogP contribution is 2.31. The largest absolute Gasteiger partial charge is 0.394 e. The first kappa shape index (κ1) is 16.1. The predicted octanol–water partition coefficient (Wildman–Crippen LogP) is 0.626. The summed E-state index contributed by atoms with van der Waals surface area (Å²) in [6.45, 7) is 0.0607. The fraction of sp³-hybridized carbons (Fsp3) is 0.385. The molecule has 0 saturated carbocycles. The number of hydrogen-bond acceptors (Lipinski definition) is 7. The van der Waals surface area contributed by atoms with Gasteiger partial charge in [0, 0.05) is 0 Å². The lowest BCUT2D eigenvalue weighted by molar-refractivity contribution is 0.0377. The van der Waals surface area contributed by atoms with Gasteiger partial charge in [-0.15, -0.1) is 22.7 Å². The van der Waals surface area contributed by atoms with Crippen LogP contribution in [0.2, 0.25) is 0 Å². The molecule has 4 N–H and O–H groups in total. The van der Waals surface area contributed by atoms with Gasteiger partial charge in [-0.25, -0.2) is 4.98 Å². The van der Waals surface area contributed by atoms with E-state index in [0.717, 1.165) is 9.88 Å². The van der Waals surface area contributed by atoms with E-state index in [1.54, 1.807) is 6.92 Å². The van der Waals surface area contributed by atoms with Gasteiger partial charge in [0.1, 0.15) is 15.4 Å². The summed E-state index contributed by atoms with van der Waals surface area (Å²) in [5.74, 6) is -0.468. The third-order valence-electron chi connectivity index (χ3n) is 3.02. The van der Waals surface area contributed by atoms with Gasteiger partial charge in [0.15, 0.2) is 0 Å². The number of amides is 1. The summed E-state index contributed by atoms with van der Waals surface area (Å²) in [6, 6.07) is 3.83. The van der Waals surface area contributed by atoms with Crippen LogP contribution in [0.3, 0.4) is 0 Å². The van der Waals surface area contributed by atoms with Crippen LogP contribution in [-0.2, 0) is 0 Å². The summed E-state index contributed by atoms with van der Waals surface area (Å²) in [5.41, 5.74) is -0.861. The number of hydrogen-bond donors (Lipinski definition) is 4. The van der Waals surface area contributed by atoms with E-state index in [2.05, 4.69) is 10.3 Å². The van der Waals surface area contributed by atoms with E-state index in [9.17, 15) is 20.1 Å². The van der Waals surface area contributed by atoms with Crippen LogP contribution in [0.1, 0.15) is 15.4 Å². The maximum absolute atomic E-state index is 12.3. The number of rotatable bonds is 6. The minimum Gasteiger partial charge on any atom is -0.394 e. The van der Waals surface area contributed by atoms with Crippen molar-refractivity contribution in [3.63, 3.8) is 0 Å². The molecule has 0 aliphatic heterocycles. The highest BCUT2D eigenvalue weighted by molar-refractivity contribution is 7.22. The van der Waals surface area contributed by atoms with Gasteiger partial charge >= 0.3 is 0 Å². The van der Waals surface area contributed by atoms with Gasteiger partial charge in [0.05, 0.1) is 30.4 Å². The van der Waals surface area contributed by atoms with Crippen LogP contribution in [0, 0.1) is 6.92 Å². The lowest BCUT2D eigenvalue weighted by atomic mass is 10.0. The smallest absolute Gasteiger partial charge is 0.263 e. The lowest BCUT2D eigenvalue weighted by Gasteiger charge is -2.28. The molecule has 0 radical (unpaired) electrons. The van der Waals surface area contributed by atoms with Crippen LogP contribution in [-0.4, -0.2) is 51.6 Å². The van der Waals surface area contributed by atoms with E-state index in [1.165, 1.54) is 22.7 Å². The number of carbonyl (C=O) groups is 1. The van der Waals surface area contributed by atoms with Gasteiger partial charge in [0.25, 0.3) is 5.91 Å². The first-order valence-corrected chi connectivity index (χ1v) is 7.91. The maximum atomic E-state index is 12.3. The van der Waals surface area contributed by atoms with Crippen molar-refractivity contribution in [1.29, 1.82) is 0 Å². The Morgan fingerprint density at radius 1 is 1.33 bits per heavy atom. The van der Waals surface area contributed by atoms with Gasteiger partial charge in [-0.1, -0.05) is 6.07 Å². The van der Waals surface area contributed by atoms with Crippen molar-refractivity contribution in [2.75, 3.05) is 19.8 Å². The Hall–Kier alpha value is -1.32. The van der Waals surface area contributed by atoms with E-state index in [-0.39, 0.29) is 0 Å². The van der Waals surface area contributed by atoms with Crippen LogP contribution < -0.4 is 5.32 Å². The van der Waals surface area contributed by atoms with E-state index >= 15 is 0 Å². The molecule has 2 heterocycles. The number of nitrogens with one attached hydrogen (secondary N) is 1. The second-order valence-corrected chi connectivity index (χ2v) is 6.57. The minimum absolute atomic E-state index is 0.401. The Balaban J connectivity index is 2.24. The number of thiophene rings is 1. The molecule has 6 nitrogen and oxygen atoms in total. The molecular formula is C13H16N2O4S2. The van der Waals surface area contributed by atoms with Gasteiger partial charge in [-0.3, -0.25) is 4.79 Å². The summed E-state index contributed by atoms with van der Waals surface area (Å²) in [6.07, 6.45) is 0. The molecule has 1 amide bonds. The van der Waals surface area contributed by atoms with Crippen molar-refractivity contribution in [2.45, 2.75) is 12.5 Å². The molecule has 8 heteroatoms. The van der Waals surface area contributed by atoms with E-state index in [4.69, 9.17) is 0 Å². The fourth-order valence-corrected chi connectivity index (χ4v) is 3.44. The van der Waals surface area contributed by atoms with Crippen molar-refractivity contribution < 1.29 is 20.1 Å². The SMILES string of the molecule is Cc1nc(-c2cccs2)sc1C(=O)NC(CO)(CO)CO. The molecule has 0 aliphatic carbocycles. The number of nitrogens with zero attached hydrogens (tertiary/aromatic N) is 1. The Morgan fingerprint density at radius 2 is 2.00 bits per heavy atom. The first-order valence-electron chi connectivity index (χ1n) is 6.21. The average molecular weight is 328 g/mol. The zero-order chi connectivity index (χ0) is 15.5. The molecule has 0 aromatic carbocycles. The molecular weight excluding hydrogens is 312 g/mol. The van der Waals surface area contributed by atoms with E-state index < -0.39 is 31.3 Å². The molecule has 0 bridgehead atoms. The molecule has 0 atom stereocenters. The molecule has 2 rings (SSSR count). The van der Waals surface area contributed by atoms with Crippen LogP contribution in [0.5, 0.6) is 0 Å². The molecule has 0 saturated heterocycles. The van der Waals surface area contributed by atoms with Gasteiger partial charge in [0.2, 0.25) is 0 Å². The highest BCUT2D eigenvalue weighted by atomic mass is 32.1. The second kappa shape index (κ2) is 6.63. The minimum atomic E-state index is -1.43. The molecule has 0 spiro atoms. The fourth-order valence-electron chi connectivity index (χ4n) is 1.68. The zero-order valence-electron chi connectivity index (χ0n) is 11.4. The standard InChI is InChI=1S/C13H16N2O4S2/c1-8-10(11(19)15-13(5-16,6-17)7-18)21-12(14-8)9-3-2-4-20-9/h2-4,16-18H,5-7H2,1H3,(H,15,19). The summed E-state index contributed by atoms with van der Waals surface area (Å²) in [4.78, 5) is 18.0. The molecule has 2 aromatic rings. The van der Waals surface area contributed by atoms with Gasteiger partial charge in [-0.05, 0) is 18.4 Å². The van der Waals surface area contributed by atoms with E-state index in [0.29, 0.717) is 10.6 Å². The third-order valence-corrected chi connectivity index (χ3v) is 5.22. The van der Waals surface area contributed by atoms with Crippen LogP contribution in [0.4, 0.5) is 0 Å². The monoisotopic (exact) mass is 328 g/mol. The Labute approximate surface area is 129 Å².